The lowest BCUT2D eigenvalue weighted by atomic mass is 10.2. The highest BCUT2D eigenvalue weighted by molar-refractivity contribution is 5.90. The van der Waals surface area contributed by atoms with E-state index >= 15 is 0 Å². The van der Waals surface area contributed by atoms with Crippen molar-refractivity contribution in [3.8, 4) is 11.4 Å². The van der Waals surface area contributed by atoms with Crippen molar-refractivity contribution in [2.45, 2.75) is 32.4 Å². The quantitative estimate of drug-likeness (QED) is 0.202. The van der Waals surface area contributed by atoms with E-state index in [1.807, 2.05) is 53.6 Å². The fourth-order valence-corrected chi connectivity index (χ4v) is 6.86. The number of amides is 1. The van der Waals surface area contributed by atoms with Crippen LogP contribution in [-0.4, -0.2) is 104 Å². The Balaban J connectivity index is 0.000000148. The van der Waals surface area contributed by atoms with Crippen LogP contribution in [0.2, 0.25) is 0 Å². The second-order valence-corrected chi connectivity index (χ2v) is 13.8. The highest BCUT2D eigenvalue weighted by Gasteiger charge is 2.27. The zero-order chi connectivity index (χ0) is 40.9. The second-order valence-electron chi connectivity index (χ2n) is 13.8. The first-order valence-corrected chi connectivity index (χ1v) is 18.7. The third-order valence-electron chi connectivity index (χ3n) is 9.77. The van der Waals surface area contributed by atoms with Crippen molar-refractivity contribution in [2.75, 3.05) is 36.0 Å². The van der Waals surface area contributed by atoms with Gasteiger partial charge in [0.15, 0.2) is 11.6 Å². The molecule has 19 heteroatoms. The van der Waals surface area contributed by atoms with E-state index < -0.39 is 5.97 Å². The molecule has 0 radical (unpaired) electrons. The number of carboxylic acid groups (broad SMARTS) is 1. The molecule has 2 fully saturated rings. The summed E-state index contributed by atoms with van der Waals surface area (Å²) in [5.74, 6) is -0.468. The number of nitrogens with two attached hydrogens (primary N) is 1. The molecule has 2 aliphatic heterocycles. The average molecular weight is 817 g/mol. The van der Waals surface area contributed by atoms with Gasteiger partial charge in [-0.2, -0.15) is 0 Å². The summed E-state index contributed by atoms with van der Waals surface area (Å²) in [6.07, 6.45) is 16.1. The summed E-state index contributed by atoms with van der Waals surface area (Å²) in [5.41, 5.74) is 9.29. The molecular weight excluding hydrogens is 775 g/mol. The Kier molecular flexibility index (Phi) is 12.2. The van der Waals surface area contributed by atoms with Gasteiger partial charge in [0.25, 0.3) is 11.7 Å². The van der Waals surface area contributed by atoms with Crippen molar-refractivity contribution in [2.24, 2.45) is 5.73 Å². The monoisotopic (exact) mass is 816 g/mol. The van der Waals surface area contributed by atoms with Gasteiger partial charge in [-0.1, -0.05) is 7.43 Å². The van der Waals surface area contributed by atoms with Crippen LogP contribution in [0.1, 0.15) is 41.5 Å². The smallest absolute Gasteiger partial charge is 0.375 e. The SMILES string of the molecule is C.N[C@@H]1CCN(c2nccn3cccc23)C1.O=C(NC1CCN(c2nccn3cccc23)C1)c1ncn(-c2ccc(F)cc2)n1.O=C(O)c1ncn(-c2ccc(F)cc2)n1. The minimum Gasteiger partial charge on any atom is -0.475 e. The number of carboxylic acids is 1. The number of anilines is 2. The molecule has 0 aliphatic carbocycles. The summed E-state index contributed by atoms with van der Waals surface area (Å²) in [7, 11) is 0. The summed E-state index contributed by atoms with van der Waals surface area (Å²) in [6.45, 7) is 3.40. The highest BCUT2D eigenvalue weighted by Crippen LogP contribution is 2.24. The maximum atomic E-state index is 13.1. The van der Waals surface area contributed by atoms with Gasteiger partial charge in [-0.15, -0.1) is 10.2 Å². The molecule has 60 heavy (non-hydrogen) atoms. The number of aromatic nitrogens is 10. The number of nitrogens with one attached hydrogen (secondary N) is 1. The minimum absolute atomic E-state index is 0. The molecule has 0 spiro atoms. The van der Waals surface area contributed by atoms with Gasteiger partial charge in [0.05, 0.1) is 22.4 Å². The molecular formula is C41H42F2N14O3. The number of benzene rings is 2. The van der Waals surface area contributed by atoms with Gasteiger partial charge in [-0.05, 0) is 85.6 Å². The van der Waals surface area contributed by atoms with E-state index in [0.717, 1.165) is 55.1 Å². The number of hydrogen-bond donors (Lipinski definition) is 3. The molecule has 6 aromatic heterocycles. The van der Waals surface area contributed by atoms with Crippen molar-refractivity contribution in [3.05, 3.63) is 146 Å². The van der Waals surface area contributed by atoms with Crippen molar-refractivity contribution >= 4 is 34.5 Å². The van der Waals surface area contributed by atoms with Crippen LogP contribution in [0.3, 0.4) is 0 Å². The van der Waals surface area contributed by atoms with Crippen LogP contribution in [0.25, 0.3) is 22.4 Å². The van der Waals surface area contributed by atoms with E-state index in [4.69, 9.17) is 10.8 Å². The van der Waals surface area contributed by atoms with Gasteiger partial charge >= 0.3 is 5.97 Å². The van der Waals surface area contributed by atoms with E-state index in [1.165, 1.54) is 58.4 Å². The first-order valence-electron chi connectivity index (χ1n) is 18.7. The lowest BCUT2D eigenvalue weighted by Crippen LogP contribution is -2.37. The number of carbonyl (C=O) groups is 2. The van der Waals surface area contributed by atoms with Crippen molar-refractivity contribution < 1.29 is 23.5 Å². The predicted molar refractivity (Wildman–Crippen MR) is 220 cm³/mol. The topological polar surface area (TPSA) is 195 Å². The zero-order valence-corrected chi connectivity index (χ0v) is 31.4. The first-order chi connectivity index (χ1) is 28.7. The number of fused-ring (bicyclic) bond motifs is 2. The molecule has 1 amide bonds. The predicted octanol–water partition coefficient (Wildman–Crippen LogP) is 4.68. The molecule has 10 rings (SSSR count). The van der Waals surface area contributed by atoms with Crippen LogP contribution in [0, 0.1) is 11.6 Å². The van der Waals surface area contributed by atoms with Crippen LogP contribution in [0.15, 0.2) is 123 Å². The van der Waals surface area contributed by atoms with Crippen LogP contribution < -0.4 is 20.9 Å². The van der Waals surface area contributed by atoms with E-state index in [-0.39, 0.29) is 42.7 Å². The normalized spacial score (nSPS) is 15.8. The fourth-order valence-electron chi connectivity index (χ4n) is 6.86. The molecule has 2 aliphatic rings. The Morgan fingerprint density at radius 1 is 0.667 bits per heavy atom. The van der Waals surface area contributed by atoms with Gasteiger partial charge < -0.3 is 34.8 Å². The van der Waals surface area contributed by atoms with E-state index in [9.17, 15) is 18.4 Å². The van der Waals surface area contributed by atoms with Gasteiger partial charge in [0.1, 0.15) is 24.3 Å². The Hall–Kier alpha value is -7.54. The van der Waals surface area contributed by atoms with E-state index in [1.54, 1.807) is 18.3 Å². The number of halogens is 2. The highest BCUT2D eigenvalue weighted by atomic mass is 19.1. The molecule has 2 atom stereocenters. The Bertz CT molecular complexity index is 2690. The lowest BCUT2D eigenvalue weighted by molar-refractivity contribution is 0.0683. The molecule has 4 N–H and O–H groups in total. The number of carbonyl (C=O) groups excluding carboxylic acids is 1. The Morgan fingerprint density at radius 2 is 1.17 bits per heavy atom. The fraction of sp³-hybridized carbons (Fsp3) is 0.220. The van der Waals surface area contributed by atoms with Crippen LogP contribution in [0.4, 0.5) is 20.4 Å². The summed E-state index contributed by atoms with van der Waals surface area (Å²) >= 11 is 0. The molecule has 0 saturated carbocycles. The van der Waals surface area contributed by atoms with Gasteiger partial charge in [0.2, 0.25) is 5.82 Å². The van der Waals surface area contributed by atoms with Crippen molar-refractivity contribution in [1.29, 1.82) is 0 Å². The molecule has 8 aromatic rings. The minimum atomic E-state index is -1.20. The molecule has 0 bridgehead atoms. The molecule has 1 unspecified atom stereocenters. The number of rotatable bonds is 7. The number of hydrogen-bond acceptors (Lipinski definition) is 11. The van der Waals surface area contributed by atoms with Crippen LogP contribution in [0.5, 0.6) is 0 Å². The standard InChI is InChI=1S/C20H18FN7O.C11H14N4.C9H6FN3O2.CH4/c21-14-3-5-16(6-4-14)28-13-23-18(25-28)20(29)24-15-7-10-27(12-15)19-17-2-1-9-26(17)11-8-22-19;12-9-3-6-15(8-9)11-10-2-1-5-14(10)7-4-13-11;10-6-1-3-7(4-2-6)13-5-11-8(12-13)9(14)15;/h1-6,8-9,11,13,15H,7,10,12H2,(H,24,29);1-2,4-5,7,9H,3,6,8,12H2;1-5H,(H,14,15);1H4/t;9-;;/m.1../s1. The Morgan fingerprint density at radius 3 is 1.67 bits per heavy atom. The summed E-state index contributed by atoms with van der Waals surface area (Å²) in [6, 6.07) is 19.7. The molecule has 8 heterocycles. The third kappa shape index (κ3) is 9.10. The lowest BCUT2D eigenvalue weighted by Gasteiger charge is -2.18. The van der Waals surface area contributed by atoms with Crippen molar-refractivity contribution in [1.82, 2.24) is 53.6 Å². The largest absolute Gasteiger partial charge is 0.475 e. The van der Waals surface area contributed by atoms with Gasteiger partial charge in [-0.25, -0.2) is 42.9 Å². The van der Waals surface area contributed by atoms with Crippen LogP contribution >= 0.6 is 0 Å². The molecule has 2 aromatic carbocycles. The van der Waals surface area contributed by atoms with Gasteiger partial charge in [0, 0.05) is 75.4 Å². The summed E-state index contributed by atoms with van der Waals surface area (Å²) < 4.78 is 32.5. The molecule has 308 valence electrons. The third-order valence-corrected chi connectivity index (χ3v) is 9.77. The van der Waals surface area contributed by atoms with E-state index in [0.29, 0.717) is 24.0 Å². The average Bonchev–Trinajstić information content (AvgIpc) is 4.10. The zero-order valence-electron chi connectivity index (χ0n) is 31.4. The number of nitrogens with zero attached hydrogens (tertiary/aromatic N) is 12. The second kappa shape index (κ2) is 17.9. The maximum absolute atomic E-state index is 13.1. The van der Waals surface area contributed by atoms with E-state index in [2.05, 4.69) is 55.7 Å². The maximum Gasteiger partial charge on any atom is 0.375 e. The van der Waals surface area contributed by atoms with Gasteiger partial charge in [-0.3, -0.25) is 4.79 Å². The molecule has 17 nitrogen and oxygen atoms in total. The Labute approximate surface area is 342 Å². The van der Waals surface area contributed by atoms with Crippen LogP contribution in [-0.2, 0) is 0 Å². The van der Waals surface area contributed by atoms with Crippen molar-refractivity contribution in [3.63, 3.8) is 0 Å². The summed E-state index contributed by atoms with van der Waals surface area (Å²) in [5, 5.41) is 19.5. The molecule has 2 saturated heterocycles. The first kappa shape index (κ1) is 40.6. The summed E-state index contributed by atoms with van der Waals surface area (Å²) in [4.78, 5) is 44.1. The number of aromatic carboxylic acids is 1.